The van der Waals surface area contributed by atoms with Crippen molar-refractivity contribution >= 4 is 17.8 Å². The molecule has 1 saturated heterocycles. The molecule has 2 unspecified atom stereocenters. The predicted octanol–water partition coefficient (Wildman–Crippen LogP) is 1.92. The third kappa shape index (κ3) is 4.55. The summed E-state index contributed by atoms with van der Waals surface area (Å²) in [6.07, 6.45) is 0.00825. The lowest BCUT2D eigenvalue weighted by molar-refractivity contribution is -0.150. The molecule has 0 aromatic heterocycles. The molecular formula is C18H23FN2O4. The molecule has 136 valence electrons. The topological polar surface area (TPSA) is 86.7 Å². The summed E-state index contributed by atoms with van der Waals surface area (Å²) in [4.78, 5) is 37.2. The second-order valence-corrected chi connectivity index (χ2v) is 6.79. The number of carbonyl (C=O) groups excluding carboxylic acids is 2. The Morgan fingerprint density at radius 3 is 2.44 bits per heavy atom. The number of amides is 2. The summed E-state index contributed by atoms with van der Waals surface area (Å²) in [6.45, 7) is 3.28. The van der Waals surface area contributed by atoms with Gasteiger partial charge in [-0.25, -0.2) is 9.18 Å². The average Bonchev–Trinajstić information content (AvgIpc) is 2.96. The van der Waals surface area contributed by atoms with Crippen LogP contribution in [-0.2, 0) is 14.4 Å². The Kier molecular flexibility index (Phi) is 5.77. The van der Waals surface area contributed by atoms with Gasteiger partial charge in [0.2, 0.25) is 17.5 Å². The molecule has 0 saturated carbocycles. The first-order valence-corrected chi connectivity index (χ1v) is 8.28. The van der Waals surface area contributed by atoms with E-state index >= 15 is 0 Å². The van der Waals surface area contributed by atoms with Gasteiger partial charge < -0.3 is 15.3 Å². The molecule has 0 aliphatic carbocycles. The molecular weight excluding hydrogens is 327 g/mol. The number of nitrogens with one attached hydrogen (secondary N) is 1. The molecule has 2 rings (SSSR count). The highest BCUT2D eigenvalue weighted by molar-refractivity contribution is 5.90. The van der Waals surface area contributed by atoms with Crippen LogP contribution in [0.1, 0.15) is 38.3 Å². The molecule has 1 aromatic carbocycles. The van der Waals surface area contributed by atoms with Gasteiger partial charge in [0.15, 0.2) is 0 Å². The lowest BCUT2D eigenvalue weighted by Gasteiger charge is -2.25. The van der Waals surface area contributed by atoms with E-state index in [0.717, 1.165) is 0 Å². The van der Waals surface area contributed by atoms with Crippen LogP contribution in [0.3, 0.4) is 0 Å². The number of hydrogen-bond donors (Lipinski definition) is 2. The average molecular weight is 350 g/mol. The largest absolute Gasteiger partial charge is 0.479 e. The van der Waals surface area contributed by atoms with E-state index < -0.39 is 30.1 Å². The maximum atomic E-state index is 14.3. The number of aliphatic carboxylic acids is 1. The number of nitrogens with zero attached hydrogens (tertiary/aromatic N) is 1. The number of rotatable bonds is 6. The van der Waals surface area contributed by atoms with Gasteiger partial charge in [0, 0.05) is 19.4 Å². The number of alkyl halides is 1. The number of halogens is 1. The van der Waals surface area contributed by atoms with Crippen LogP contribution in [0.4, 0.5) is 4.39 Å². The van der Waals surface area contributed by atoms with Crippen LogP contribution in [0.15, 0.2) is 30.3 Å². The highest BCUT2D eigenvalue weighted by Crippen LogP contribution is 2.28. The highest BCUT2D eigenvalue weighted by Gasteiger charge is 2.48. The lowest BCUT2D eigenvalue weighted by atomic mass is 10.0. The van der Waals surface area contributed by atoms with Crippen LogP contribution in [0, 0.1) is 5.92 Å². The molecule has 2 N–H and O–H groups in total. The summed E-state index contributed by atoms with van der Waals surface area (Å²) < 4.78 is 14.3. The second kappa shape index (κ2) is 7.63. The van der Waals surface area contributed by atoms with Crippen molar-refractivity contribution in [3.8, 4) is 0 Å². The van der Waals surface area contributed by atoms with Crippen LogP contribution in [0.2, 0.25) is 0 Å². The fraction of sp³-hybridized carbons (Fsp3) is 0.500. The van der Waals surface area contributed by atoms with Crippen molar-refractivity contribution in [2.24, 2.45) is 5.92 Å². The number of hydrogen-bond acceptors (Lipinski definition) is 3. The molecule has 1 aromatic rings. The Labute approximate surface area is 146 Å². The highest BCUT2D eigenvalue weighted by atomic mass is 19.1. The normalized spacial score (nSPS) is 21.2. The Bertz CT molecular complexity index is 650. The van der Waals surface area contributed by atoms with Gasteiger partial charge in [-0.2, -0.15) is 0 Å². The smallest absolute Gasteiger partial charge is 0.343 e. The number of carboxylic acid groups (broad SMARTS) is 1. The molecule has 2 atom stereocenters. The van der Waals surface area contributed by atoms with Crippen molar-refractivity contribution in [1.29, 1.82) is 0 Å². The van der Waals surface area contributed by atoms with Crippen LogP contribution >= 0.6 is 0 Å². The third-order valence-corrected chi connectivity index (χ3v) is 4.19. The third-order valence-electron chi connectivity index (χ3n) is 4.19. The predicted molar refractivity (Wildman–Crippen MR) is 89.5 cm³/mol. The Hall–Kier alpha value is -2.44. The zero-order valence-electron chi connectivity index (χ0n) is 14.4. The van der Waals surface area contributed by atoms with E-state index in [4.69, 9.17) is 5.11 Å². The number of carboxylic acids is 1. The minimum absolute atomic E-state index is 0.00498. The minimum Gasteiger partial charge on any atom is -0.479 e. The SMILES string of the molecule is CC(C)CC(=O)NC(C(=O)N1CCC(F)(C(=O)O)C1)c1ccccc1. The van der Waals surface area contributed by atoms with Gasteiger partial charge >= 0.3 is 5.97 Å². The molecule has 1 heterocycles. The van der Waals surface area contributed by atoms with Crippen molar-refractivity contribution < 1.29 is 23.9 Å². The standard InChI is InChI=1S/C18H23FN2O4/c1-12(2)10-14(22)20-15(13-6-4-3-5-7-13)16(23)21-9-8-18(19,11-21)17(24)25/h3-7,12,15H,8-11H2,1-2H3,(H,20,22)(H,24,25). The molecule has 1 aliphatic rings. The van der Waals surface area contributed by atoms with E-state index in [1.807, 2.05) is 13.8 Å². The first-order valence-electron chi connectivity index (χ1n) is 8.28. The number of likely N-dealkylation sites (tertiary alicyclic amines) is 1. The lowest BCUT2D eigenvalue weighted by Crippen LogP contribution is -2.44. The van der Waals surface area contributed by atoms with Crippen LogP contribution in [0.25, 0.3) is 0 Å². The monoisotopic (exact) mass is 350 g/mol. The summed E-state index contributed by atoms with van der Waals surface area (Å²) in [5.41, 5.74) is -1.85. The van der Waals surface area contributed by atoms with Crippen molar-refractivity contribution in [2.75, 3.05) is 13.1 Å². The van der Waals surface area contributed by atoms with Gasteiger partial charge in [0.05, 0.1) is 6.54 Å². The maximum Gasteiger partial charge on any atom is 0.343 e. The van der Waals surface area contributed by atoms with Crippen molar-refractivity contribution in [1.82, 2.24) is 10.2 Å². The van der Waals surface area contributed by atoms with Gasteiger partial charge in [0.1, 0.15) is 6.04 Å². The maximum absolute atomic E-state index is 14.3. The van der Waals surface area contributed by atoms with Gasteiger partial charge in [-0.05, 0) is 11.5 Å². The molecule has 1 fully saturated rings. The zero-order valence-corrected chi connectivity index (χ0v) is 14.4. The minimum atomic E-state index is -2.43. The van der Waals surface area contributed by atoms with Crippen molar-refractivity contribution in [2.45, 2.75) is 38.4 Å². The zero-order chi connectivity index (χ0) is 18.6. The van der Waals surface area contributed by atoms with Gasteiger partial charge in [0.25, 0.3) is 0 Å². The van der Waals surface area contributed by atoms with E-state index in [1.54, 1.807) is 30.3 Å². The molecule has 1 aliphatic heterocycles. The molecule has 7 heteroatoms. The Balaban J connectivity index is 2.19. The summed E-state index contributed by atoms with van der Waals surface area (Å²) in [7, 11) is 0. The van der Waals surface area contributed by atoms with Crippen LogP contribution in [0.5, 0.6) is 0 Å². The Morgan fingerprint density at radius 2 is 1.92 bits per heavy atom. The molecule has 6 nitrogen and oxygen atoms in total. The quantitative estimate of drug-likeness (QED) is 0.821. The molecule has 2 amide bonds. The first-order chi connectivity index (χ1) is 11.7. The first kappa shape index (κ1) is 18.9. The van der Waals surface area contributed by atoms with Crippen LogP contribution in [-0.4, -0.2) is 46.5 Å². The number of benzene rings is 1. The van der Waals surface area contributed by atoms with Crippen LogP contribution < -0.4 is 5.32 Å². The summed E-state index contributed by atoms with van der Waals surface area (Å²) in [5.74, 6) is -2.21. The van der Waals surface area contributed by atoms with Crippen molar-refractivity contribution in [3.05, 3.63) is 35.9 Å². The summed E-state index contributed by atoms with van der Waals surface area (Å²) in [5, 5.41) is 11.7. The van der Waals surface area contributed by atoms with E-state index in [0.29, 0.717) is 5.56 Å². The fourth-order valence-corrected chi connectivity index (χ4v) is 2.84. The van der Waals surface area contributed by atoms with Gasteiger partial charge in [-0.1, -0.05) is 44.2 Å². The second-order valence-electron chi connectivity index (χ2n) is 6.79. The molecule has 0 radical (unpaired) electrons. The van der Waals surface area contributed by atoms with Gasteiger partial charge in [-0.15, -0.1) is 0 Å². The summed E-state index contributed by atoms with van der Waals surface area (Å²) >= 11 is 0. The van der Waals surface area contributed by atoms with E-state index in [-0.39, 0.29) is 31.2 Å². The molecule has 25 heavy (non-hydrogen) atoms. The Morgan fingerprint density at radius 1 is 1.28 bits per heavy atom. The van der Waals surface area contributed by atoms with Crippen molar-refractivity contribution in [3.63, 3.8) is 0 Å². The van der Waals surface area contributed by atoms with E-state index in [2.05, 4.69) is 5.32 Å². The molecule has 0 bridgehead atoms. The number of carbonyl (C=O) groups is 3. The van der Waals surface area contributed by atoms with E-state index in [1.165, 1.54) is 4.90 Å². The van der Waals surface area contributed by atoms with E-state index in [9.17, 15) is 18.8 Å². The van der Waals surface area contributed by atoms with Gasteiger partial charge in [-0.3, -0.25) is 9.59 Å². The fourth-order valence-electron chi connectivity index (χ4n) is 2.84. The summed E-state index contributed by atoms with van der Waals surface area (Å²) in [6, 6.07) is 7.72. The molecule has 0 spiro atoms.